The number of nitrogens with one attached hydrogen (secondary N) is 1. The zero-order chi connectivity index (χ0) is 32.2. The Balaban J connectivity index is 1.79. The summed E-state index contributed by atoms with van der Waals surface area (Å²) in [6.07, 6.45) is 1.97. The minimum absolute atomic E-state index is 0.0454. The van der Waals surface area contributed by atoms with Crippen molar-refractivity contribution in [2.75, 3.05) is 24.5 Å². The normalized spacial score (nSPS) is 11.8. The molecule has 0 bridgehead atoms. The maximum atomic E-state index is 14.5. The van der Waals surface area contributed by atoms with Crippen LogP contribution in [-0.2, 0) is 32.6 Å². The summed E-state index contributed by atoms with van der Waals surface area (Å²) in [4.78, 5) is 29.9. The molecule has 0 aromatic heterocycles. The monoisotopic (exact) mass is 627 g/mol. The van der Waals surface area contributed by atoms with Crippen LogP contribution in [0, 0.1) is 6.92 Å². The summed E-state index contributed by atoms with van der Waals surface area (Å²) in [6, 6.07) is 31.0. The van der Waals surface area contributed by atoms with E-state index in [0.29, 0.717) is 12.3 Å². The van der Waals surface area contributed by atoms with Gasteiger partial charge in [0.05, 0.1) is 17.7 Å². The van der Waals surface area contributed by atoms with Gasteiger partial charge >= 0.3 is 0 Å². The van der Waals surface area contributed by atoms with Gasteiger partial charge in [-0.1, -0.05) is 97.8 Å². The highest BCUT2D eigenvalue weighted by atomic mass is 32.2. The third-order valence-electron chi connectivity index (χ3n) is 7.49. The van der Waals surface area contributed by atoms with Gasteiger partial charge in [0, 0.05) is 25.6 Å². The summed E-state index contributed by atoms with van der Waals surface area (Å²) < 4.78 is 34.7. The van der Waals surface area contributed by atoms with Gasteiger partial charge < -0.3 is 15.0 Å². The molecule has 0 saturated carbocycles. The Kier molecular flexibility index (Phi) is 11.8. The van der Waals surface area contributed by atoms with Crippen molar-refractivity contribution in [3.05, 3.63) is 126 Å². The summed E-state index contributed by atoms with van der Waals surface area (Å²) in [7, 11) is -2.68. The molecule has 0 aliphatic heterocycles. The molecule has 2 amide bonds. The third kappa shape index (κ3) is 8.95. The Morgan fingerprint density at radius 3 is 2.18 bits per heavy atom. The molecule has 0 aliphatic rings. The second-order valence-electron chi connectivity index (χ2n) is 10.9. The summed E-state index contributed by atoms with van der Waals surface area (Å²) in [5.74, 6) is -0.348. The number of hydrogen-bond donors (Lipinski definition) is 1. The number of aryl methyl sites for hydroxylation is 1. The smallest absolute Gasteiger partial charge is 0.264 e. The van der Waals surface area contributed by atoms with Crippen LogP contribution in [0.5, 0.6) is 5.75 Å². The van der Waals surface area contributed by atoms with Crippen LogP contribution in [0.2, 0.25) is 0 Å². The molecule has 236 valence electrons. The van der Waals surface area contributed by atoms with Crippen molar-refractivity contribution < 1.29 is 22.7 Å². The molecule has 0 fully saturated rings. The lowest BCUT2D eigenvalue weighted by Crippen LogP contribution is -2.53. The molecule has 0 heterocycles. The summed E-state index contributed by atoms with van der Waals surface area (Å²) in [5, 5.41) is 3.01. The molecule has 1 atom stereocenters. The number of amides is 2. The van der Waals surface area contributed by atoms with E-state index in [-0.39, 0.29) is 29.5 Å². The van der Waals surface area contributed by atoms with Crippen LogP contribution in [0.15, 0.2) is 114 Å². The minimum Gasteiger partial charge on any atom is -0.497 e. The molecule has 9 heteroatoms. The number of ether oxygens (including phenoxy) is 1. The largest absolute Gasteiger partial charge is 0.497 e. The number of carbonyl (C=O) groups is 2. The van der Waals surface area contributed by atoms with E-state index in [1.165, 1.54) is 24.1 Å². The van der Waals surface area contributed by atoms with Crippen molar-refractivity contribution in [1.29, 1.82) is 0 Å². The van der Waals surface area contributed by atoms with E-state index in [4.69, 9.17) is 4.74 Å². The number of hydrogen-bond acceptors (Lipinski definition) is 5. The fourth-order valence-corrected chi connectivity index (χ4v) is 6.51. The molecule has 0 radical (unpaired) electrons. The molecular weight excluding hydrogens is 586 g/mol. The van der Waals surface area contributed by atoms with Crippen LogP contribution in [-0.4, -0.2) is 51.4 Å². The molecule has 1 N–H and O–H groups in total. The third-order valence-corrected chi connectivity index (χ3v) is 9.28. The Bertz CT molecular complexity index is 1660. The molecule has 0 saturated heterocycles. The fraction of sp³-hybridized carbons (Fsp3) is 0.278. The molecule has 4 rings (SSSR count). The lowest BCUT2D eigenvalue weighted by Gasteiger charge is -2.34. The zero-order valence-corrected chi connectivity index (χ0v) is 26.9. The van der Waals surface area contributed by atoms with Crippen LogP contribution in [0.1, 0.15) is 36.5 Å². The quantitative estimate of drug-likeness (QED) is 0.169. The molecule has 8 nitrogen and oxygen atoms in total. The number of methoxy groups -OCH3 is 1. The van der Waals surface area contributed by atoms with Gasteiger partial charge in [-0.15, -0.1) is 0 Å². The van der Waals surface area contributed by atoms with Gasteiger partial charge in [0.1, 0.15) is 18.3 Å². The highest BCUT2D eigenvalue weighted by Gasteiger charge is 2.34. The first kappa shape index (κ1) is 33.3. The van der Waals surface area contributed by atoms with Gasteiger partial charge in [-0.3, -0.25) is 13.9 Å². The number of rotatable bonds is 15. The van der Waals surface area contributed by atoms with E-state index < -0.39 is 28.5 Å². The highest BCUT2D eigenvalue weighted by Crippen LogP contribution is 2.28. The molecule has 4 aromatic rings. The van der Waals surface area contributed by atoms with Crippen molar-refractivity contribution in [2.45, 2.75) is 50.6 Å². The topological polar surface area (TPSA) is 96.0 Å². The van der Waals surface area contributed by atoms with E-state index in [9.17, 15) is 18.0 Å². The van der Waals surface area contributed by atoms with E-state index in [0.717, 1.165) is 33.8 Å². The van der Waals surface area contributed by atoms with Crippen molar-refractivity contribution >= 4 is 27.5 Å². The average Bonchev–Trinajstić information content (AvgIpc) is 3.06. The first-order chi connectivity index (χ1) is 21.7. The average molecular weight is 628 g/mol. The van der Waals surface area contributed by atoms with E-state index >= 15 is 0 Å². The minimum atomic E-state index is -4.18. The lowest BCUT2D eigenvalue weighted by molar-refractivity contribution is -0.140. The summed E-state index contributed by atoms with van der Waals surface area (Å²) in [6.45, 7) is 4.08. The van der Waals surface area contributed by atoms with Gasteiger partial charge in [-0.25, -0.2) is 8.42 Å². The number of benzene rings is 4. The Hall–Kier alpha value is -4.63. The SMILES string of the molecule is CCCCNC(=O)C(Cc1ccccc1)N(Cc1cccc(C)c1)C(=O)CN(c1cccc(OC)c1)S(=O)(=O)c1ccccc1. The first-order valence-corrected chi connectivity index (χ1v) is 16.6. The predicted octanol–water partition coefficient (Wildman–Crippen LogP) is 5.76. The van der Waals surface area contributed by atoms with Crippen molar-refractivity contribution in [3.8, 4) is 5.75 Å². The number of sulfonamides is 1. The molecular formula is C36H41N3O5S. The van der Waals surface area contributed by atoms with E-state index in [1.807, 2.05) is 68.4 Å². The van der Waals surface area contributed by atoms with Gasteiger partial charge in [0.15, 0.2) is 0 Å². The molecule has 0 spiro atoms. The molecule has 45 heavy (non-hydrogen) atoms. The first-order valence-electron chi connectivity index (χ1n) is 15.1. The van der Waals surface area contributed by atoms with Crippen LogP contribution >= 0.6 is 0 Å². The van der Waals surface area contributed by atoms with E-state index in [1.54, 1.807) is 42.5 Å². The van der Waals surface area contributed by atoms with Crippen molar-refractivity contribution in [1.82, 2.24) is 10.2 Å². The van der Waals surface area contributed by atoms with Crippen molar-refractivity contribution in [3.63, 3.8) is 0 Å². The number of unbranched alkanes of at least 4 members (excludes halogenated alkanes) is 1. The van der Waals surface area contributed by atoms with Crippen molar-refractivity contribution in [2.24, 2.45) is 0 Å². The van der Waals surface area contributed by atoms with Gasteiger partial charge in [0.2, 0.25) is 11.8 Å². The number of nitrogens with zero attached hydrogens (tertiary/aromatic N) is 2. The molecule has 4 aromatic carbocycles. The molecule has 0 aliphatic carbocycles. The second kappa shape index (κ2) is 15.9. The molecule has 1 unspecified atom stereocenters. The zero-order valence-electron chi connectivity index (χ0n) is 26.1. The summed E-state index contributed by atoms with van der Waals surface area (Å²) in [5.41, 5.74) is 3.00. The maximum absolute atomic E-state index is 14.5. The van der Waals surface area contributed by atoms with Crippen LogP contribution in [0.4, 0.5) is 5.69 Å². The summed E-state index contributed by atoms with van der Waals surface area (Å²) >= 11 is 0. The van der Waals surface area contributed by atoms with Gasteiger partial charge in [-0.2, -0.15) is 0 Å². The van der Waals surface area contributed by atoms with Crippen LogP contribution in [0.3, 0.4) is 0 Å². The van der Waals surface area contributed by atoms with Gasteiger partial charge in [-0.05, 0) is 48.7 Å². The predicted molar refractivity (Wildman–Crippen MR) is 178 cm³/mol. The Labute approximate surface area is 266 Å². The van der Waals surface area contributed by atoms with Crippen LogP contribution in [0.25, 0.3) is 0 Å². The fourth-order valence-electron chi connectivity index (χ4n) is 5.08. The Morgan fingerprint density at radius 1 is 0.844 bits per heavy atom. The number of carbonyl (C=O) groups excluding carboxylic acids is 2. The Morgan fingerprint density at radius 2 is 1.51 bits per heavy atom. The van der Waals surface area contributed by atoms with Gasteiger partial charge in [0.25, 0.3) is 10.0 Å². The second-order valence-corrected chi connectivity index (χ2v) is 12.7. The lowest BCUT2D eigenvalue weighted by atomic mass is 10.0. The standard InChI is InChI=1S/C36H41N3O5S/c1-4-5-22-37-36(41)34(24-29-15-8-6-9-16-29)38(26-30-17-12-14-28(2)23-30)35(40)27-39(31-18-13-19-32(25-31)44-3)45(42,43)33-20-10-7-11-21-33/h6-21,23,25,34H,4-5,22,24,26-27H2,1-3H3,(H,37,41). The number of anilines is 1. The van der Waals surface area contributed by atoms with E-state index in [2.05, 4.69) is 5.32 Å². The van der Waals surface area contributed by atoms with Crippen LogP contribution < -0.4 is 14.4 Å². The maximum Gasteiger partial charge on any atom is 0.264 e. The highest BCUT2D eigenvalue weighted by molar-refractivity contribution is 7.92.